The minimum absolute atomic E-state index is 0.0889. The van der Waals surface area contributed by atoms with Crippen LogP contribution in [0.4, 0.5) is 4.39 Å². The molecule has 0 saturated carbocycles. The maximum Gasteiger partial charge on any atom is 0.255 e. The Hall–Kier alpha value is -1.65. The van der Waals surface area contributed by atoms with Crippen LogP contribution in [0.5, 0.6) is 11.6 Å². The Morgan fingerprint density at radius 3 is 2.63 bits per heavy atom. The molecule has 0 saturated heterocycles. The lowest BCUT2D eigenvalue weighted by Gasteiger charge is -2.06. The average molecular weight is 282 g/mol. The molecule has 0 aliphatic rings. The third-order valence-electron chi connectivity index (χ3n) is 2.51. The van der Waals surface area contributed by atoms with Gasteiger partial charge < -0.3 is 9.47 Å². The highest BCUT2D eigenvalue weighted by atomic mass is 35.5. The second-order valence-corrected chi connectivity index (χ2v) is 4.37. The summed E-state index contributed by atoms with van der Waals surface area (Å²) in [5.74, 6) is -0.153. The first-order chi connectivity index (χ1) is 9.19. The Labute approximate surface area is 115 Å². The lowest BCUT2D eigenvalue weighted by atomic mass is 10.1. The zero-order valence-electron chi connectivity index (χ0n) is 10.4. The van der Waals surface area contributed by atoms with E-state index in [1.54, 1.807) is 19.2 Å². The number of ether oxygens (including phenoxy) is 2. The standard InChI is InChI=1S/C14H13ClFNO2/c1-18-7-6-10-2-4-12(5-3-10)19-14-13(16)8-11(15)9-17-14/h2-5,8-9H,6-7H2,1H3. The van der Waals surface area contributed by atoms with Crippen molar-refractivity contribution < 1.29 is 13.9 Å². The third kappa shape index (κ3) is 3.91. The Kier molecular flexibility index (Phi) is 4.71. The number of halogens is 2. The zero-order valence-corrected chi connectivity index (χ0v) is 11.2. The molecule has 0 unspecified atom stereocenters. The Morgan fingerprint density at radius 1 is 1.26 bits per heavy atom. The van der Waals surface area contributed by atoms with E-state index >= 15 is 0 Å². The van der Waals surface area contributed by atoms with Gasteiger partial charge in [-0.25, -0.2) is 9.37 Å². The van der Waals surface area contributed by atoms with Gasteiger partial charge in [0.15, 0.2) is 5.82 Å². The number of aromatic nitrogens is 1. The third-order valence-corrected chi connectivity index (χ3v) is 2.71. The average Bonchev–Trinajstić information content (AvgIpc) is 2.41. The van der Waals surface area contributed by atoms with E-state index in [-0.39, 0.29) is 10.9 Å². The second kappa shape index (κ2) is 6.50. The Balaban J connectivity index is 2.06. The molecule has 0 aliphatic heterocycles. The van der Waals surface area contributed by atoms with E-state index in [2.05, 4.69) is 4.98 Å². The summed E-state index contributed by atoms with van der Waals surface area (Å²) in [5, 5.41) is 0.236. The summed E-state index contributed by atoms with van der Waals surface area (Å²) in [7, 11) is 1.66. The summed E-state index contributed by atoms with van der Waals surface area (Å²) < 4.78 is 23.8. The Morgan fingerprint density at radius 2 is 2.00 bits per heavy atom. The molecular weight excluding hydrogens is 269 g/mol. The Bertz CT molecular complexity index is 546. The number of nitrogens with zero attached hydrogens (tertiary/aromatic N) is 1. The molecule has 100 valence electrons. The first kappa shape index (κ1) is 13.8. The number of rotatable bonds is 5. The molecule has 0 atom stereocenters. The van der Waals surface area contributed by atoms with Gasteiger partial charge >= 0.3 is 0 Å². The molecule has 1 aromatic carbocycles. The minimum atomic E-state index is -0.587. The SMILES string of the molecule is COCCc1ccc(Oc2ncc(Cl)cc2F)cc1. The van der Waals surface area contributed by atoms with Gasteiger partial charge in [-0.15, -0.1) is 0 Å². The van der Waals surface area contributed by atoms with Crippen LogP contribution >= 0.6 is 11.6 Å². The maximum absolute atomic E-state index is 13.5. The molecule has 0 fully saturated rings. The van der Waals surface area contributed by atoms with Crippen LogP contribution in [0.25, 0.3) is 0 Å². The fourth-order valence-electron chi connectivity index (χ4n) is 1.53. The number of pyridine rings is 1. The quantitative estimate of drug-likeness (QED) is 0.834. The molecular formula is C14H13ClFNO2. The fraction of sp³-hybridized carbons (Fsp3) is 0.214. The van der Waals surface area contributed by atoms with E-state index in [1.807, 2.05) is 12.1 Å². The molecule has 0 bridgehead atoms. The summed E-state index contributed by atoms with van der Waals surface area (Å²) >= 11 is 5.62. The highest BCUT2D eigenvalue weighted by molar-refractivity contribution is 6.30. The van der Waals surface area contributed by atoms with Crippen LogP contribution in [-0.4, -0.2) is 18.7 Å². The summed E-state index contributed by atoms with van der Waals surface area (Å²) in [6, 6.07) is 8.50. The molecule has 19 heavy (non-hydrogen) atoms. The van der Waals surface area contributed by atoms with Gasteiger partial charge in [-0.1, -0.05) is 23.7 Å². The highest BCUT2D eigenvalue weighted by Gasteiger charge is 2.07. The van der Waals surface area contributed by atoms with Crippen molar-refractivity contribution in [2.75, 3.05) is 13.7 Å². The molecule has 5 heteroatoms. The van der Waals surface area contributed by atoms with Crippen molar-refractivity contribution in [1.82, 2.24) is 4.98 Å². The zero-order chi connectivity index (χ0) is 13.7. The first-order valence-electron chi connectivity index (χ1n) is 5.76. The van der Waals surface area contributed by atoms with Crippen molar-refractivity contribution in [2.24, 2.45) is 0 Å². The van der Waals surface area contributed by atoms with Crippen molar-refractivity contribution in [3.8, 4) is 11.6 Å². The van der Waals surface area contributed by atoms with Crippen LogP contribution in [0.3, 0.4) is 0 Å². The van der Waals surface area contributed by atoms with Gasteiger partial charge in [-0.3, -0.25) is 0 Å². The van der Waals surface area contributed by atoms with Crippen LogP contribution in [0.1, 0.15) is 5.56 Å². The normalized spacial score (nSPS) is 10.5. The van der Waals surface area contributed by atoms with E-state index in [9.17, 15) is 4.39 Å². The van der Waals surface area contributed by atoms with E-state index < -0.39 is 5.82 Å². The van der Waals surface area contributed by atoms with Crippen LogP contribution in [0, 0.1) is 5.82 Å². The van der Waals surface area contributed by atoms with Gasteiger partial charge in [0.1, 0.15) is 5.75 Å². The van der Waals surface area contributed by atoms with Gasteiger partial charge in [-0.05, 0) is 30.2 Å². The van der Waals surface area contributed by atoms with Crippen LogP contribution in [-0.2, 0) is 11.2 Å². The largest absolute Gasteiger partial charge is 0.436 e. The van der Waals surface area contributed by atoms with Crippen molar-refractivity contribution in [2.45, 2.75) is 6.42 Å². The summed E-state index contributed by atoms with van der Waals surface area (Å²) in [4.78, 5) is 3.80. The molecule has 1 heterocycles. The summed E-state index contributed by atoms with van der Waals surface area (Å²) in [5.41, 5.74) is 1.12. The van der Waals surface area contributed by atoms with Crippen molar-refractivity contribution >= 4 is 11.6 Å². The predicted molar refractivity (Wildman–Crippen MR) is 71.3 cm³/mol. The molecule has 1 aromatic heterocycles. The maximum atomic E-state index is 13.5. The molecule has 0 N–H and O–H groups in total. The van der Waals surface area contributed by atoms with Gasteiger partial charge in [0.2, 0.25) is 0 Å². The second-order valence-electron chi connectivity index (χ2n) is 3.93. The molecule has 2 aromatic rings. The number of hydrogen-bond donors (Lipinski definition) is 0. The van der Waals surface area contributed by atoms with Gasteiger partial charge in [0.25, 0.3) is 5.88 Å². The van der Waals surface area contributed by atoms with E-state index in [4.69, 9.17) is 21.1 Å². The lowest BCUT2D eigenvalue weighted by molar-refractivity contribution is 0.202. The van der Waals surface area contributed by atoms with E-state index in [0.717, 1.165) is 18.1 Å². The van der Waals surface area contributed by atoms with Crippen molar-refractivity contribution in [3.05, 3.63) is 52.9 Å². The van der Waals surface area contributed by atoms with Crippen molar-refractivity contribution in [3.63, 3.8) is 0 Å². The van der Waals surface area contributed by atoms with Gasteiger partial charge in [-0.2, -0.15) is 0 Å². The monoisotopic (exact) mass is 281 g/mol. The van der Waals surface area contributed by atoms with Gasteiger partial charge in [0.05, 0.1) is 11.6 Å². The number of methoxy groups -OCH3 is 1. The lowest BCUT2D eigenvalue weighted by Crippen LogP contribution is -1.95. The van der Waals surface area contributed by atoms with E-state index in [1.165, 1.54) is 6.20 Å². The summed E-state index contributed by atoms with van der Waals surface area (Å²) in [6.45, 7) is 0.660. The molecule has 2 rings (SSSR count). The fourth-order valence-corrected chi connectivity index (χ4v) is 1.68. The molecule has 0 radical (unpaired) electrons. The number of benzene rings is 1. The topological polar surface area (TPSA) is 31.4 Å². The van der Waals surface area contributed by atoms with Crippen LogP contribution < -0.4 is 4.74 Å². The molecule has 0 aliphatic carbocycles. The smallest absolute Gasteiger partial charge is 0.255 e. The summed E-state index contributed by atoms with van der Waals surface area (Å²) in [6.07, 6.45) is 2.16. The van der Waals surface area contributed by atoms with Crippen molar-refractivity contribution in [1.29, 1.82) is 0 Å². The minimum Gasteiger partial charge on any atom is -0.436 e. The molecule has 3 nitrogen and oxygen atoms in total. The van der Waals surface area contributed by atoms with Crippen LogP contribution in [0.15, 0.2) is 36.5 Å². The number of hydrogen-bond acceptors (Lipinski definition) is 3. The van der Waals surface area contributed by atoms with Crippen LogP contribution in [0.2, 0.25) is 5.02 Å². The van der Waals surface area contributed by atoms with Gasteiger partial charge in [0, 0.05) is 13.3 Å². The first-order valence-corrected chi connectivity index (χ1v) is 6.13. The molecule has 0 amide bonds. The predicted octanol–water partition coefficient (Wildman–Crippen LogP) is 3.86. The molecule has 0 spiro atoms. The highest BCUT2D eigenvalue weighted by Crippen LogP contribution is 2.24. The van der Waals surface area contributed by atoms with E-state index in [0.29, 0.717) is 12.4 Å².